The molecule has 0 fully saturated rings. The van der Waals surface area contributed by atoms with Gasteiger partial charge in [0.15, 0.2) is 5.69 Å². The summed E-state index contributed by atoms with van der Waals surface area (Å²) in [7, 11) is 0. The molecule has 4 N–H and O–H groups in total. The van der Waals surface area contributed by atoms with Gasteiger partial charge in [-0.15, -0.1) is 11.3 Å². The maximum absolute atomic E-state index is 14.2. The first kappa shape index (κ1) is 24.4. The van der Waals surface area contributed by atoms with E-state index in [1.54, 1.807) is 30.3 Å². The first-order chi connectivity index (χ1) is 16.8. The summed E-state index contributed by atoms with van der Waals surface area (Å²) in [5.41, 5.74) is 6.27. The molecular formula is C24H21ClFN5O3S. The highest BCUT2D eigenvalue weighted by molar-refractivity contribution is 7.09. The van der Waals surface area contributed by atoms with Crippen LogP contribution in [0.25, 0.3) is 10.9 Å². The summed E-state index contributed by atoms with van der Waals surface area (Å²) >= 11 is 7.26. The lowest BCUT2D eigenvalue weighted by atomic mass is 10.1. The standard InChI is InChI=1S/C24H21ClFN5O3S/c25-17-8-3-5-14(21(17)26)12-28-24(34)18(11-15-6-4-10-35-15)29-20(32)13-31-19-9-2-1-7-16(19)22(30-31)23(27)33/h1-10,18H,11-13H2,(H2,27,33)(H,28,34)(H,29,32)/t18-/m0/s1. The molecule has 2 heterocycles. The van der Waals surface area contributed by atoms with E-state index in [0.717, 1.165) is 4.88 Å². The Bertz CT molecular complexity index is 1390. The zero-order valence-electron chi connectivity index (χ0n) is 18.3. The lowest BCUT2D eigenvalue weighted by molar-refractivity contribution is -0.129. The Morgan fingerprint density at radius 1 is 1.11 bits per heavy atom. The van der Waals surface area contributed by atoms with Crippen LogP contribution < -0.4 is 16.4 Å². The number of aromatic nitrogens is 2. The number of nitrogens with one attached hydrogen (secondary N) is 2. The molecule has 4 rings (SSSR count). The Labute approximate surface area is 208 Å². The molecule has 0 aliphatic carbocycles. The van der Waals surface area contributed by atoms with Crippen molar-refractivity contribution in [1.82, 2.24) is 20.4 Å². The van der Waals surface area contributed by atoms with Crippen LogP contribution in [-0.2, 0) is 29.1 Å². The molecule has 0 radical (unpaired) electrons. The van der Waals surface area contributed by atoms with Crippen LogP contribution in [0.1, 0.15) is 20.9 Å². The van der Waals surface area contributed by atoms with E-state index in [9.17, 15) is 18.8 Å². The second-order valence-corrected chi connectivity index (χ2v) is 9.16. The van der Waals surface area contributed by atoms with Crippen molar-refractivity contribution in [3.63, 3.8) is 0 Å². The number of hydrogen-bond acceptors (Lipinski definition) is 5. The SMILES string of the molecule is NC(=O)c1nn(CC(=O)N[C@@H](Cc2cccs2)C(=O)NCc2cccc(Cl)c2F)c2ccccc12. The number of thiophene rings is 1. The molecule has 2 aromatic carbocycles. The second-order valence-electron chi connectivity index (χ2n) is 7.72. The number of carbonyl (C=O) groups excluding carboxylic acids is 3. The smallest absolute Gasteiger partial charge is 0.269 e. The van der Waals surface area contributed by atoms with E-state index in [1.807, 2.05) is 17.5 Å². The lowest BCUT2D eigenvalue weighted by Crippen LogP contribution is -2.48. The van der Waals surface area contributed by atoms with Gasteiger partial charge in [0.1, 0.15) is 18.4 Å². The summed E-state index contributed by atoms with van der Waals surface area (Å²) < 4.78 is 15.6. The zero-order chi connectivity index (χ0) is 24.9. The molecule has 11 heteroatoms. The Kier molecular flexibility index (Phi) is 7.42. The zero-order valence-corrected chi connectivity index (χ0v) is 19.9. The quantitative estimate of drug-likeness (QED) is 0.318. The van der Waals surface area contributed by atoms with E-state index in [4.69, 9.17) is 17.3 Å². The van der Waals surface area contributed by atoms with Crippen molar-refractivity contribution in [3.8, 4) is 0 Å². The number of para-hydroxylation sites is 1. The fourth-order valence-electron chi connectivity index (χ4n) is 3.64. The van der Waals surface area contributed by atoms with Gasteiger partial charge in [0.25, 0.3) is 5.91 Å². The van der Waals surface area contributed by atoms with Crippen LogP contribution in [0.4, 0.5) is 4.39 Å². The van der Waals surface area contributed by atoms with Gasteiger partial charge in [-0.2, -0.15) is 5.10 Å². The number of halogens is 2. The van der Waals surface area contributed by atoms with E-state index >= 15 is 0 Å². The summed E-state index contributed by atoms with van der Waals surface area (Å²) in [5.74, 6) is -2.28. The molecule has 0 unspecified atom stereocenters. The van der Waals surface area contributed by atoms with Crippen LogP contribution in [0.15, 0.2) is 60.0 Å². The molecule has 8 nitrogen and oxygen atoms in total. The molecule has 2 aromatic heterocycles. The fourth-order valence-corrected chi connectivity index (χ4v) is 4.58. The first-order valence-electron chi connectivity index (χ1n) is 10.6. The maximum atomic E-state index is 14.2. The molecule has 0 saturated heterocycles. The van der Waals surface area contributed by atoms with Crippen molar-refractivity contribution in [2.24, 2.45) is 5.73 Å². The van der Waals surface area contributed by atoms with Crippen LogP contribution in [0.5, 0.6) is 0 Å². The monoisotopic (exact) mass is 513 g/mol. The van der Waals surface area contributed by atoms with Crippen molar-refractivity contribution in [3.05, 3.63) is 87.0 Å². The molecule has 0 aliphatic rings. The number of benzene rings is 2. The Hall–Kier alpha value is -3.76. The molecule has 0 saturated carbocycles. The Morgan fingerprint density at radius 2 is 1.91 bits per heavy atom. The number of fused-ring (bicyclic) bond motifs is 1. The largest absolute Gasteiger partial charge is 0.364 e. The number of amides is 3. The third-order valence-corrected chi connectivity index (χ3v) is 6.50. The topological polar surface area (TPSA) is 119 Å². The minimum atomic E-state index is -0.916. The fraction of sp³-hybridized carbons (Fsp3) is 0.167. The predicted molar refractivity (Wildman–Crippen MR) is 131 cm³/mol. The Balaban J connectivity index is 1.50. The van der Waals surface area contributed by atoms with Crippen LogP contribution in [-0.4, -0.2) is 33.5 Å². The predicted octanol–water partition coefficient (Wildman–Crippen LogP) is 3.03. The maximum Gasteiger partial charge on any atom is 0.269 e. The summed E-state index contributed by atoms with van der Waals surface area (Å²) in [6.07, 6.45) is 0.250. The van der Waals surface area contributed by atoms with E-state index in [2.05, 4.69) is 15.7 Å². The average molecular weight is 514 g/mol. The number of nitrogens with two attached hydrogens (primary N) is 1. The van der Waals surface area contributed by atoms with Gasteiger partial charge in [-0.05, 0) is 23.6 Å². The highest BCUT2D eigenvalue weighted by Gasteiger charge is 2.23. The molecule has 180 valence electrons. The minimum Gasteiger partial charge on any atom is -0.364 e. The van der Waals surface area contributed by atoms with Gasteiger partial charge in [0.2, 0.25) is 11.8 Å². The molecular weight excluding hydrogens is 493 g/mol. The van der Waals surface area contributed by atoms with Crippen LogP contribution >= 0.6 is 22.9 Å². The Morgan fingerprint density at radius 3 is 2.66 bits per heavy atom. The number of nitrogens with zero attached hydrogens (tertiary/aromatic N) is 2. The van der Waals surface area contributed by atoms with Crippen molar-refractivity contribution in [2.45, 2.75) is 25.6 Å². The highest BCUT2D eigenvalue weighted by atomic mass is 35.5. The van der Waals surface area contributed by atoms with Gasteiger partial charge in [0.05, 0.1) is 10.5 Å². The summed E-state index contributed by atoms with van der Waals surface area (Å²) in [6, 6.07) is 14.2. The van der Waals surface area contributed by atoms with Crippen LogP contribution in [0.3, 0.4) is 0 Å². The van der Waals surface area contributed by atoms with Crippen molar-refractivity contribution in [1.29, 1.82) is 0 Å². The molecule has 3 amide bonds. The summed E-state index contributed by atoms with van der Waals surface area (Å²) in [6.45, 7) is -0.321. The van der Waals surface area contributed by atoms with Crippen molar-refractivity contribution < 1.29 is 18.8 Å². The van der Waals surface area contributed by atoms with E-state index in [-0.39, 0.29) is 35.8 Å². The molecule has 0 bridgehead atoms. The van der Waals surface area contributed by atoms with Crippen LogP contribution in [0, 0.1) is 5.82 Å². The van der Waals surface area contributed by atoms with E-state index in [1.165, 1.54) is 28.2 Å². The summed E-state index contributed by atoms with van der Waals surface area (Å²) in [5, 5.41) is 11.9. The molecule has 1 atom stereocenters. The second kappa shape index (κ2) is 10.7. The van der Waals surface area contributed by atoms with Crippen molar-refractivity contribution in [2.75, 3.05) is 0 Å². The van der Waals surface area contributed by atoms with Gasteiger partial charge >= 0.3 is 0 Å². The number of rotatable bonds is 9. The molecule has 0 spiro atoms. The highest BCUT2D eigenvalue weighted by Crippen LogP contribution is 2.19. The summed E-state index contributed by atoms with van der Waals surface area (Å²) in [4.78, 5) is 38.5. The number of primary amides is 1. The normalized spacial score (nSPS) is 11.8. The van der Waals surface area contributed by atoms with Crippen molar-refractivity contribution >= 4 is 51.6 Å². The first-order valence-corrected chi connectivity index (χ1v) is 11.9. The van der Waals surface area contributed by atoms with Gasteiger partial charge in [-0.1, -0.05) is 48.0 Å². The van der Waals surface area contributed by atoms with Gasteiger partial charge in [-0.3, -0.25) is 19.1 Å². The minimum absolute atomic E-state index is 0.0398. The third-order valence-electron chi connectivity index (χ3n) is 5.31. The molecule has 0 aliphatic heterocycles. The van der Waals surface area contributed by atoms with E-state index in [0.29, 0.717) is 10.9 Å². The number of hydrogen-bond donors (Lipinski definition) is 3. The average Bonchev–Trinajstić information content (AvgIpc) is 3.48. The van der Waals surface area contributed by atoms with E-state index < -0.39 is 29.6 Å². The molecule has 35 heavy (non-hydrogen) atoms. The van der Waals surface area contributed by atoms with Gasteiger partial charge in [0, 0.05) is 28.8 Å². The lowest BCUT2D eigenvalue weighted by Gasteiger charge is -2.18. The van der Waals surface area contributed by atoms with Crippen LogP contribution in [0.2, 0.25) is 5.02 Å². The molecule has 4 aromatic rings. The van der Waals surface area contributed by atoms with Gasteiger partial charge in [-0.25, -0.2) is 4.39 Å². The number of carbonyl (C=O) groups is 3. The van der Waals surface area contributed by atoms with Gasteiger partial charge < -0.3 is 16.4 Å². The third kappa shape index (κ3) is 5.67.